The van der Waals surface area contributed by atoms with Gasteiger partial charge in [-0.2, -0.15) is 0 Å². The monoisotopic (exact) mass is 462 g/mol. The van der Waals surface area contributed by atoms with Crippen molar-refractivity contribution in [3.05, 3.63) is 43.7 Å². The summed E-state index contributed by atoms with van der Waals surface area (Å²) in [5, 5.41) is 0. The second-order valence-corrected chi connectivity index (χ2v) is 12.1. The molecule has 9 heteroatoms. The van der Waals surface area contributed by atoms with Gasteiger partial charge in [-0.05, 0) is 0 Å². The third kappa shape index (κ3) is 8.11. The van der Waals surface area contributed by atoms with Crippen LogP contribution in [0.5, 0.6) is 0 Å². The van der Waals surface area contributed by atoms with Crippen LogP contribution in [0.4, 0.5) is 0 Å². The van der Waals surface area contributed by atoms with E-state index in [0.717, 1.165) is 16.1 Å². The third-order valence-corrected chi connectivity index (χ3v) is 9.32. The van der Waals surface area contributed by atoms with Crippen molar-refractivity contribution in [3.63, 3.8) is 0 Å². The zero-order valence-corrected chi connectivity index (χ0v) is 16.3. The van der Waals surface area contributed by atoms with Crippen molar-refractivity contribution in [2.45, 2.75) is 19.8 Å². The molecule has 0 N–H and O–H groups in total. The molecule has 1 aromatic rings. The molecule has 6 nitrogen and oxygen atoms in total. The van der Waals surface area contributed by atoms with Crippen molar-refractivity contribution in [3.8, 4) is 0 Å². The number of rotatable bonds is 8. The number of halogens is 1. The van der Waals surface area contributed by atoms with Crippen LogP contribution in [-0.4, -0.2) is 29.3 Å². The molecule has 0 aromatic heterocycles. The van der Waals surface area contributed by atoms with E-state index in [-0.39, 0.29) is 5.76 Å². The van der Waals surface area contributed by atoms with Gasteiger partial charge in [0.15, 0.2) is 0 Å². The standard InChI is InChI=1S/C13H19IO6S2/c1-4-8-13(19-21(2,15)16)11-14(20-22(3,17)18)12-9-6-5-7-10-12/h5-7,9-11H,4,8H2,1-3H3/b13-11-. The Balaban J connectivity index is 3.20. The molecule has 0 aliphatic heterocycles. The van der Waals surface area contributed by atoms with Gasteiger partial charge in [-0.1, -0.05) is 0 Å². The van der Waals surface area contributed by atoms with E-state index in [4.69, 9.17) is 6.70 Å². The molecule has 22 heavy (non-hydrogen) atoms. The van der Waals surface area contributed by atoms with Crippen LogP contribution in [0.1, 0.15) is 19.8 Å². The van der Waals surface area contributed by atoms with E-state index in [1.165, 1.54) is 4.08 Å². The van der Waals surface area contributed by atoms with Crippen LogP contribution in [0.15, 0.2) is 40.2 Å². The molecule has 0 bridgehead atoms. The van der Waals surface area contributed by atoms with Gasteiger partial charge in [-0.3, -0.25) is 0 Å². The first-order valence-corrected chi connectivity index (χ1v) is 13.2. The summed E-state index contributed by atoms with van der Waals surface area (Å²) in [5.41, 5.74) is 0. The second kappa shape index (κ2) is 8.27. The molecule has 1 aromatic carbocycles. The number of hydrogen-bond donors (Lipinski definition) is 0. The van der Waals surface area contributed by atoms with Gasteiger partial charge in [0.2, 0.25) is 0 Å². The predicted octanol–water partition coefficient (Wildman–Crippen LogP) is 2.87. The third-order valence-electron chi connectivity index (χ3n) is 2.11. The first-order valence-electron chi connectivity index (χ1n) is 6.34. The van der Waals surface area contributed by atoms with Crippen molar-refractivity contribution < 1.29 is 23.5 Å². The van der Waals surface area contributed by atoms with Crippen LogP contribution in [0.25, 0.3) is 0 Å². The molecule has 0 spiro atoms. The van der Waals surface area contributed by atoms with E-state index in [2.05, 4.69) is 0 Å². The second-order valence-electron chi connectivity index (χ2n) is 4.45. The molecule has 0 heterocycles. The van der Waals surface area contributed by atoms with Crippen LogP contribution in [0.3, 0.4) is 0 Å². The minimum atomic E-state index is -3.67. The first-order chi connectivity index (χ1) is 10.1. The fraction of sp³-hybridized carbons (Fsp3) is 0.385. The van der Waals surface area contributed by atoms with Gasteiger partial charge in [0.25, 0.3) is 0 Å². The van der Waals surface area contributed by atoms with Crippen LogP contribution in [-0.2, 0) is 26.9 Å². The summed E-state index contributed by atoms with van der Waals surface area (Å²) in [5.74, 6) is 0.225. The maximum atomic E-state index is 11.5. The van der Waals surface area contributed by atoms with Crippen molar-refractivity contribution in [1.29, 1.82) is 0 Å². The van der Waals surface area contributed by atoms with E-state index in [0.29, 0.717) is 12.8 Å². The van der Waals surface area contributed by atoms with Crippen LogP contribution in [0, 0.1) is 3.57 Å². The van der Waals surface area contributed by atoms with E-state index >= 15 is 0 Å². The fourth-order valence-electron chi connectivity index (χ4n) is 1.45. The minimum absolute atomic E-state index is 0.225. The topological polar surface area (TPSA) is 86.7 Å². The van der Waals surface area contributed by atoms with Crippen molar-refractivity contribution in [1.82, 2.24) is 0 Å². The molecule has 0 saturated carbocycles. The Morgan fingerprint density at radius 2 is 1.68 bits per heavy atom. The molecular weight excluding hydrogens is 443 g/mol. The molecular formula is C13H19IO6S2. The Morgan fingerprint density at radius 1 is 1.09 bits per heavy atom. The maximum absolute atomic E-state index is 11.5. The fourth-order valence-corrected chi connectivity index (χ4v) is 8.09. The molecule has 0 radical (unpaired) electrons. The van der Waals surface area contributed by atoms with Crippen LogP contribution >= 0.6 is 20.2 Å². The average molecular weight is 462 g/mol. The van der Waals surface area contributed by atoms with E-state index in [1.807, 2.05) is 13.0 Å². The van der Waals surface area contributed by atoms with Gasteiger partial charge >= 0.3 is 140 Å². The molecule has 0 fully saturated rings. The summed E-state index contributed by atoms with van der Waals surface area (Å²) >= 11 is -2.74. The molecule has 0 atom stereocenters. The summed E-state index contributed by atoms with van der Waals surface area (Å²) < 4.78 is 58.0. The quantitative estimate of drug-likeness (QED) is 0.336. The van der Waals surface area contributed by atoms with E-state index in [9.17, 15) is 16.8 Å². The normalized spacial score (nSPS) is 13.8. The molecule has 0 amide bonds. The SMILES string of the molecule is CCC/C(=C/I(OS(C)(=O)=O)c1ccccc1)OS(C)(=O)=O. The Hall–Kier alpha value is -0.650. The molecule has 1 rings (SSSR count). The van der Waals surface area contributed by atoms with Gasteiger partial charge in [-0.15, -0.1) is 0 Å². The van der Waals surface area contributed by atoms with Crippen LogP contribution in [0.2, 0.25) is 0 Å². The number of benzene rings is 1. The zero-order chi connectivity index (χ0) is 16.8. The summed E-state index contributed by atoms with van der Waals surface area (Å²) in [6.07, 6.45) is 2.99. The average Bonchev–Trinajstić information content (AvgIpc) is 2.36. The number of hydrogen-bond acceptors (Lipinski definition) is 6. The zero-order valence-electron chi connectivity index (χ0n) is 12.5. The van der Waals surface area contributed by atoms with E-state index in [1.54, 1.807) is 24.3 Å². The summed E-state index contributed by atoms with van der Waals surface area (Å²) in [6, 6.07) is 8.88. The van der Waals surface area contributed by atoms with Gasteiger partial charge in [0.1, 0.15) is 0 Å². The van der Waals surface area contributed by atoms with Crippen molar-refractivity contribution in [2.75, 3.05) is 12.5 Å². The van der Waals surface area contributed by atoms with E-state index < -0.39 is 40.5 Å². The summed E-state index contributed by atoms with van der Waals surface area (Å²) in [7, 11) is -7.32. The van der Waals surface area contributed by atoms with Gasteiger partial charge in [0.05, 0.1) is 0 Å². The Kier molecular flexibility index (Phi) is 7.29. The molecule has 0 aliphatic carbocycles. The van der Waals surface area contributed by atoms with Crippen molar-refractivity contribution in [2.24, 2.45) is 0 Å². The predicted molar refractivity (Wildman–Crippen MR) is 94.0 cm³/mol. The summed E-state index contributed by atoms with van der Waals surface area (Å²) in [4.78, 5) is 0. The Bertz CT molecular complexity index is 710. The molecule has 0 saturated heterocycles. The summed E-state index contributed by atoms with van der Waals surface area (Å²) in [6.45, 7) is 1.87. The molecule has 126 valence electrons. The van der Waals surface area contributed by atoms with Crippen LogP contribution < -0.4 is 0 Å². The Morgan fingerprint density at radius 3 is 2.14 bits per heavy atom. The Labute approximate surface area is 139 Å². The van der Waals surface area contributed by atoms with Gasteiger partial charge < -0.3 is 0 Å². The number of allylic oxidation sites excluding steroid dienone is 1. The van der Waals surface area contributed by atoms with Gasteiger partial charge in [-0.25, -0.2) is 0 Å². The van der Waals surface area contributed by atoms with Crippen molar-refractivity contribution >= 4 is 40.5 Å². The first kappa shape index (κ1) is 19.4. The van der Waals surface area contributed by atoms with Gasteiger partial charge in [0, 0.05) is 0 Å². The molecule has 0 aliphatic rings. The molecule has 0 unspecified atom stereocenters.